The van der Waals surface area contributed by atoms with Gasteiger partial charge in [-0.25, -0.2) is 0 Å². The second-order valence-electron chi connectivity index (χ2n) is 2.46. The molecule has 2 heteroatoms. The van der Waals surface area contributed by atoms with E-state index in [0.29, 0.717) is 0 Å². The number of fused-ring (bicyclic) bond motifs is 1. The third kappa shape index (κ3) is 1.59. The Bertz CT molecular complexity index is 379. The van der Waals surface area contributed by atoms with Crippen LogP contribution in [0.3, 0.4) is 0 Å². The molecule has 0 atom stereocenters. The van der Waals surface area contributed by atoms with Gasteiger partial charge in [-0.1, -0.05) is 52.3 Å². The molecule has 0 bridgehead atoms. The summed E-state index contributed by atoms with van der Waals surface area (Å²) in [5, 5.41) is 2.55. The lowest BCUT2D eigenvalue weighted by molar-refractivity contribution is 1.71. The molecular weight excluding hydrogens is 228 g/mol. The molecule has 0 unspecified atom stereocenters. The van der Waals surface area contributed by atoms with Crippen LogP contribution in [0.4, 0.5) is 0 Å². The van der Waals surface area contributed by atoms with Crippen molar-refractivity contribution < 1.29 is 0 Å². The van der Waals surface area contributed by atoms with Gasteiger partial charge in [-0.05, 0) is 16.8 Å². The summed E-state index contributed by atoms with van der Waals surface area (Å²) >= 11 is 3.50. The molecular formula is C10H7BrSi. The highest BCUT2D eigenvalue weighted by Crippen LogP contribution is 2.22. The average molecular weight is 235 g/mol. The van der Waals surface area contributed by atoms with Crippen molar-refractivity contribution in [2.24, 2.45) is 0 Å². The molecule has 12 heavy (non-hydrogen) atoms. The monoisotopic (exact) mass is 234 g/mol. The van der Waals surface area contributed by atoms with Gasteiger partial charge in [0, 0.05) is 15.4 Å². The van der Waals surface area contributed by atoms with Crippen LogP contribution in [0.5, 0.6) is 0 Å². The van der Waals surface area contributed by atoms with Gasteiger partial charge in [0.2, 0.25) is 0 Å². The molecule has 0 spiro atoms. The van der Waals surface area contributed by atoms with Gasteiger partial charge < -0.3 is 0 Å². The third-order valence-corrected chi connectivity index (χ3v) is 2.43. The molecule has 0 fully saturated rings. The summed E-state index contributed by atoms with van der Waals surface area (Å²) in [5.74, 6) is 0. The molecule has 0 aromatic heterocycles. The average Bonchev–Trinajstić information content (AvgIpc) is 2.06. The molecule has 2 aromatic carbocycles. The fourth-order valence-corrected chi connectivity index (χ4v) is 1.70. The van der Waals surface area contributed by atoms with E-state index in [9.17, 15) is 0 Å². The lowest BCUT2D eigenvalue weighted by atomic mass is 10.1. The van der Waals surface area contributed by atoms with Crippen molar-refractivity contribution in [2.75, 3.05) is 0 Å². The molecule has 0 N–H and O–H groups in total. The molecule has 0 amide bonds. The van der Waals surface area contributed by atoms with Crippen LogP contribution in [0.15, 0.2) is 46.9 Å². The first-order valence-corrected chi connectivity index (χ1v) is 4.30. The molecule has 0 aliphatic carbocycles. The van der Waals surface area contributed by atoms with Crippen LogP contribution < -0.4 is 0 Å². The summed E-state index contributed by atoms with van der Waals surface area (Å²) in [4.78, 5) is 0. The molecule has 0 saturated carbocycles. The van der Waals surface area contributed by atoms with Crippen LogP contribution in [0.2, 0.25) is 0 Å². The predicted octanol–water partition coefficient (Wildman–Crippen LogP) is 3.22. The largest absolute Gasteiger partial charge is 0.0616 e. The number of hydrogen-bond acceptors (Lipinski definition) is 0. The van der Waals surface area contributed by atoms with E-state index in [0.717, 1.165) is 4.47 Å². The van der Waals surface area contributed by atoms with Crippen molar-refractivity contribution in [3.63, 3.8) is 0 Å². The van der Waals surface area contributed by atoms with Crippen LogP contribution >= 0.6 is 15.9 Å². The highest BCUT2D eigenvalue weighted by Gasteiger charge is 1.93. The quantitative estimate of drug-likeness (QED) is 0.615. The Morgan fingerprint density at radius 1 is 0.833 bits per heavy atom. The zero-order valence-electron chi connectivity index (χ0n) is 6.42. The van der Waals surface area contributed by atoms with Crippen molar-refractivity contribution in [3.8, 4) is 0 Å². The van der Waals surface area contributed by atoms with Crippen molar-refractivity contribution in [2.45, 2.75) is 0 Å². The molecule has 4 radical (unpaired) electrons. The summed E-state index contributed by atoms with van der Waals surface area (Å²) < 4.78 is 1.16. The number of hydrogen-bond donors (Lipinski definition) is 0. The standard InChI is InChI=1S/C10H7Br.Si/c11-10-7-3-5-8-4-1-2-6-9(8)10;/h1-7H;. The van der Waals surface area contributed by atoms with E-state index in [1.54, 1.807) is 0 Å². The first kappa shape index (κ1) is 9.48. The Morgan fingerprint density at radius 3 is 2.25 bits per heavy atom. The maximum absolute atomic E-state index is 3.50. The highest BCUT2D eigenvalue weighted by molar-refractivity contribution is 9.10. The molecule has 0 saturated heterocycles. The zero-order valence-corrected chi connectivity index (χ0v) is 9.01. The van der Waals surface area contributed by atoms with Crippen LogP contribution in [0.25, 0.3) is 10.8 Å². The summed E-state index contributed by atoms with van der Waals surface area (Å²) in [5.41, 5.74) is 0. The van der Waals surface area contributed by atoms with E-state index >= 15 is 0 Å². The Kier molecular flexibility index (Phi) is 3.06. The topological polar surface area (TPSA) is 0 Å². The van der Waals surface area contributed by atoms with Gasteiger partial charge in [0.05, 0.1) is 0 Å². The van der Waals surface area contributed by atoms with Crippen molar-refractivity contribution in [1.82, 2.24) is 0 Å². The van der Waals surface area contributed by atoms with Gasteiger partial charge in [-0.2, -0.15) is 0 Å². The van der Waals surface area contributed by atoms with E-state index in [2.05, 4.69) is 46.3 Å². The first-order chi connectivity index (χ1) is 5.38. The number of halogens is 1. The van der Waals surface area contributed by atoms with Crippen LogP contribution in [0, 0.1) is 0 Å². The van der Waals surface area contributed by atoms with Crippen molar-refractivity contribution >= 4 is 37.7 Å². The summed E-state index contributed by atoms with van der Waals surface area (Å²) in [7, 11) is 0. The zero-order chi connectivity index (χ0) is 7.68. The third-order valence-electron chi connectivity index (χ3n) is 1.74. The Balaban J connectivity index is 0.000000720. The molecule has 0 nitrogen and oxygen atoms in total. The summed E-state index contributed by atoms with van der Waals surface area (Å²) in [6.45, 7) is 0. The fraction of sp³-hybridized carbons (Fsp3) is 0. The maximum Gasteiger partial charge on any atom is 0.0253 e. The van der Waals surface area contributed by atoms with Gasteiger partial charge in [0.1, 0.15) is 0 Å². The Morgan fingerprint density at radius 2 is 1.50 bits per heavy atom. The molecule has 2 rings (SSSR count). The second-order valence-corrected chi connectivity index (χ2v) is 3.32. The fourth-order valence-electron chi connectivity index (χ4n) is 1.19. The smallest absolute Gasteiger partial charge is 0.0253 e. The van der Waals surface area contributed by atoms with E-state index in [1.807, 2.05) is 12.1 Å². The highest BCUT2D eigenvalue weighted by atomic mass is 79.9. The van der Waals surface area contributed by atoms with Gasteiger partial charge in [0.25, 0.3) is 0 Å². The lowest BCUT2D eigenvalue weighted by Crippen LogP contribution is -1.71. The normalized spacial score (nSPS) is 9.42. The Labute approximate surface area is 84.8 Å². The second kappa shape index (κ2) is 3.87. The maximum atomic E-state index is 3.50. The SMILES string of the molecule is Brc1cccc2ccccc12.[Si]. The van der Waals surface area contributed by atoms with E-state index in [4.69, 9.17) is 0 Å². The Hall–Kier alpha value is -0.603. The minimum Gasteiger partial charge on any atom is -0.0616 e. The lowest BCUT2D eigenvalue weighted by Gasteiger charge is -1.97. The van der Waals surface area contributed by atoms with Crippen LogP contribution in [-0.2, 0) is 0 Å². The van der Waals surface area contributed by atoms with E-state index in [-0.39, 0.29) is 11.0 Å². The van der Waals surface area contributed by atoms with E-state index in [1.165, 1.54) is 10.8 Å². The molecule has 0 aliphatic heterocycles. The predicted molar refractivity (Wildman–Crippen MR) is 57.4 cm³/mol. The summed E-state index contributed by atoms with van der Waals surface area (Å²) in [6, 6.07) is 14.5. The molecule has 58 valence electrons. The van der Waals surface area contributed by atoms with Gasteiger partial charge in [-0.3, -0.25) is 0 Å². The number of rotatable bonds is 0. The molecule has 2 aromatic rings. The van der Waals surface area contributed by atoms with Crippen molar-refractivity contribution in [1.29, 1.82) is 0 Å². The van der Waals surface area contributed by atoms with Crippen LogP contribution in [-0.4, -0.2) is 11.0 Å². The van der Waals surface area contributed by atoms with Crippen molar-refractivity contribution in [3.05, 3.63) is 46.9 Å². The minimum absolute atomic E-state index is 0. The van der Waals surface area contributed by atoms with E-state index < -0.39 is 0 Å². The number of benzene rings is 2. The molecule has 0 heterocycles. The van der Waals surface area contributed by atoms with Gasteiger partial charge >= 0.3 is 0 Å². The summed E-state index contributed by atoms with van der Waals surface area (Å²) in [6.07, 6.45) is 0. The minimum atomic E-state index is 0. The van der Waals surface area contributed by atoms with Gasteiger partial charge in [-0.15, -0.1) is 0 Å². The van der Waals surface area contributed by atoms with Crippen LogP contribution in [0.1, 0.15) is 0 Å². The van der Waals surface area contributed by atoms with Gasteiger partial charge in [0.15, 0.2) is 0 Å². The first-order valence-electron chi connectivity index (χ1n) is 3.51. The molecule has 0 aliphatic rings.